The van der Waals surface area contributed by atoms with Crippen molar-refractivity contribution in [3.63, 3.8) is 0 Å². The molecule has 2 rings (SSSR count). The highest BCUT2D eigenvalue weighted by Crippen LogP contribution is 2.26. The molecule has 0 aromatic heterocycles. The van der Waals surface area contributed by atoms with Gasteiger partial charge in [-0.2, -0.15) is 4.31 Å². The molecule has 1 amide bonds. The third kappa shape index (κ3) is 5.73. The smallest absolute Gasteiger partial charge is 0.410 e. The van der Waals surface area contributed by atoms with Gasteiger partial charge in [-0.3, -0.25) is 4.79 Å². The van der Waals surface area contributed by atoms with E-state index in [9.17, 15) is 23.1 Å². The van der Waals surface area contributed by atoms with E-state index >= 15 is 0 Å². The maximum atomic E-state index is 12.8. The molecule has 0 saturated carbocycles. The SMILES string of the molecule is CC(C)(C)OC(=O)N1CCN(S(=O)(=O)Cc2ccc(Cl)cc2Cl)C(C(=O)O)C1. The number of carbonyl (C=O) groups is 2. The molecule has 1 aromatic rings. The number of sulfonamides is 1. The van der Waals surface area contributed by atoms with E-state index in [4.69, 9.17) is 27.9 Å². The molecule has 1 N–H and O–H groups in total. The number of halogens is 2. The number of rotatable bonds is 4. The van der Waals surface area contributed by atoms with Gasteiger partial charge in [0.05, 0.1) is 12.3 Å². The van der Waals surface area contributed by atoms with Crippen molar-refractivity contribution in [3.8, 4) is 0 Å². The van der Waals surface area contributed by atoms with E-state index in [1.54, 1.807) is 20.8 Å². The number of carboxylic acid groups (broad SMARTS) is 1. The van der Waals surface area contributed by atoms with E-state index in [2.05, 4.69) is 0 Å². The van der Waals surface area contributed by atoms with Gasteiger partial charge in [-0.1, -0.05) is 29.3 Å². The minimum Gasteiger partial charge on any atom is -0.480 e. The summed E-state index contributed by atoms with van der Waals surface area (Å²) in [6.07, 6.45) is -0.684. The molecule has 1 fully saturated rings. The van der Waals surface area contributed by atoms with Gasteiger partial charge in [0.25, 0.3) is 0 Å². The Balaban J connectivity index is 2.20. The van der Waals surface area contributed by atoms with E-state index < -0.39 is 39.5 Å². The molecule has 1 heterocycles. The highest BCUT2D eigenvalue weighted by molar-refractivity contribution is 7.88. The Hall–Kier alpha value is -1.55. The number of amides is 1. The zero-order valence-corrected chi connectivity index (χ0v) is 18.0. The quantitative estimate of drug-likeness (QED) is 0.752. The Morgan fingerprint density at radius 1 is 1.25 bits per heavy atom. The van der Waals surface area contributed by atoms with E-state index in [1.807, 2.05) is 0 Å². The summed E-state index contributed by atoms with van der Waals surface area (Å²) in [5, 5.41) is 10.1. The van der Waals surface area contributed by atoms with Crippen molar-refractivity contribution in [2.24, 2.45) is 0 Å². The molecular formula is C17H22Cl2N2O6S. The molecule has 1 aromatic carbocycles. The molecule has 11 heteroatoms. The molecule has 1 aliphatic heterocycles. The summed E-state index contributed by atoms with van der Waals surface area (Å²) in [5.41, 5.74) is -0.436. The van der Waals surface area contributed by atoms with Gasteiger partial charge in [-0.25, -0.2) is 13.2 Å². The Morgan fingerprint density at radius 3 is 2.43 bits per heavy atom. The molecule has 156 valence electrons. The van der Waals surface area contributed by atoms with Gasteiger partial charge >= 0.3 is 12.1 Å². The second kappa shape index (κ2) is 8.44. The predicted octanol–water partition coefficient (Wildman–Crippen LogP) is 2.83. The van der Waals surface area contributed by atoms with Crippen molar-refractivity contribution in [1.82, 2.24) is 9.21 Å². The summed E-state index contributed by atoms with van der Waals surface area (Å²) in [7, 11) is -4.00. The first-order valence-electron chi connectivity index (χ1n) is 8.44. The summed E-state index contributed by atoms with van der Waals surface area (Å²) >= 11 is 11.9. The molecule has 28 heavy (non-hydrogen) atoms. The predicted molar refractivity (Wildman–Crippen MR) is 105 cm³/mol. The van der Waals surface area contributed by atoms with Crippen LogP contribution in [0.2, 0.25) is 10.0 Å². The molecule has 8 nitrogen and oxygen atoms in total. The first-order chi connectivity index (χ1) is 12.8. The van der Waals surface area contributed by atoms with Crippen molar-refractivity contribution in [2.75, 3.05) is 19.6 Å². The summed E-state index contributed by atoms with van der Waals surface area (Å²) in [5.74, 6) is -1.82. The average Bonchev–Trinajstić information content (AvgIpc) is 2.55. The van der Waals surface area contributed by atoms with E-state index in [-0.39, 0.29) is 24.7 Å². The van der Waals surface area contributed by atoms with Crippen LogP contribution in [0.5, 0.6) is 0 Å². The van der Waals surface area contributed by atoms with E-state index in [0.717, 1.165) is 4.31 Å². The van der Waals surface area contributed by atoms with Crippen molar-refractivity contribution in [1.29, 1.82) is 0 Å². The van der Waals surface area contributed by atoms with Crippen LogP contribution < -0.4 is 0 Å². The van der Waals surface area contributed by atoms with Gasteiger partial charge in [0.1, 0.15) is 11.6 Å². The van der Waals surface area contributed by atoms with Crippen LogP contribution in [0.4, 0.5) is 4.79 Å². The van der Waals surface area contributed by atoms with Gasteiger partial charge < -0.3 is 14.7 Å². The molecule has 0 bridgehead atoms. The molecule has 1 unspecified atom stereocenters. The largest absolute Gasteiger partial charge is 0.480 e. The average molecular weight is 453 g/mol. The van der Waals surface area contributed by atoms with Gasteiger partial charge in [-0.15, -0.1) is 0 Å². The van der Waals surface area contributed by atoms with E-state index in [1.165, 1.54) is 23.1 Å². The topological polar surface area (TPSA) is 104 Å². The van der Waals surface area contributed by atoms with Crippen molar-refractivity contribution < 1.29 is 27.9 Å². The van der Waals surface area contributed by atoms with Crippen LogP contribution in [0.25, 0.3) is 0 Å². The maximum Gasteiger partial charge on any atom is 0.410 e. The second-order valence-electron chi connectivity index (χ2n) is 7.38. The van der Waals surface area contributed by atoms with Crippen LogP contribution in [-0.2, 0) is 25.3 Å². The molecule has 0 spiro atoms. The number of nitrogens with zero attached hydrogens (tertiary/aromatic N) is 2. The van der Waals surface area contributed by atoms with Crippen LogP contribution in [0.15, 0.2) is 18.2 Å². The molecule has 1 atom stereocenters. The number of hydrogen-bond acceptors (Lipinski definition) is 5. The zero-order chi connectivity index (χ0) is 21.3. The van der Waals surface area contributed by atoms with Gasteiger partial charge in [-0.05, 0) is 38.5 Å². The Labute approximate surface area is 174 Å². The zero-order valence-electron chi connectivity index (χ0n) is 15.7. The Morgan fingerprint density at radius 2 is 1.89 bits per heavy atom. The van der Waals surface area contributed by atoms with Crippen LogP contribution in [-0.4, -0.2) is 66.1 Å². The van der Waals surface area contributed by atoms with Crippen LogP contribution in [0.1, 0.15) is 26.3 Å². The lowest BCUT2D eigenvalue weighted by Crippen LogP contribution is -2.59. The second-order valence-corrected chi connectivity index (χ2v) is 10.1. The number of hydrogen-bond donors (Lipinski definition) is 1. The summed E-state index contributed by atoms with van der Waals surface area (Å²) in [4.78, 5) is 25.1. The van der Waals surface area contributed by atoms with Crippen molar-refractivity contribution >= 4 is 45.3 Å². The van der Waals surface area contributed by atoms with Crippen LogP contribution in [0.3, 0.4) is 0 Å². The molecular weight excluding hydrogens is 431 g/mol. The fraction of sp³-hybridized carbons (Fsp3) is 0.529. The van der Waals surface area contributed by atoms with E-state index in [0.29, 0.717) is 10.6 Å². The molecule has 1 aliphatic rings. The number of ether oxygens (including phenoxy) is 1. The maximum absolute atomic E-state index is 12.8. The summed E-state index contributed by atoms with van der Waals surface area (Å²) in [6, 6.07) is 2.99. The molecule has 0 aliphatic carbocycles. The number of carbonyl (C=O) groups excluding carboxylic acids is 1. The number of aliphatic carboxylic acids is 1. The summed E-state index contributed by atoms with van der Waals surface area (Å²) in [6.45, 7) is 4.62. The lowest BCUT2D eigenvalue weighted by atomic mass is 10.2. The fourth-order valence-electron chi connectivity index (χ4n) is 2.71. The lowest BCUT2D eigenvalue weighted by Gasteiger charge is -2.38. The highest BCUT2D eigenvalue weighted by Gasteiger charge is 2.41. The minimum atomic E-state index is -4.00. The first-order valence-corrected chi connectivity index (χ1v) is 10.8. The third-order valence-corrected chi connectivity index (χ3v) is 6.39. The highest BCUT2D eigenvalue weighted by atomic mass is 35.5. The number of carboxylic acids is 1. The lowest BCUT2D eigenvalue weighted by molar-refractivity contribution is -0.143. The monoisotopic (exact) mass is 452 g/mol. The number of piperazine rings is 1. The number of benzene rings is 1. The molecule has 0 radical (unpaired) electrons. The fourth-order valence-corrected chi connectivity index (χ4v) is 4.98. The minimum absolute atomic E-state index is 0.0201. The molecule has 1 saturated heterocycles. The first kappa shape index (κ1) is 22.7. The third-order valence-electron chi connectivity index (χ3n) is 3.98. The normalized spacial score (nSPS) is 18.8. The van der Waals surface area contributed by atoms with Crippen molar-refractivity contribution in [3.05, 3.63) is 33.8 Å². The van der Waals surface area contributed by atoms with Crippen LogP contribution >= 0.6 is 23.2 Å². The van der Waals surface area contributed by atoms with Gasteiger partial charge in [0, 0.05) is 23.1 Å². The van der Waals surface area contributed by atoms with Crippen LogP contribution in [0, 0.1) is 0 Å². The Kier molecular flexibility index (Phi) is 6.86. The van der Waals surface area contributed by atoms with Gasteiger partial charge in [0.15, 0.2) is 0 Å². The van der Waals surface area contributed by atoms with Crippen molar-refractivity contribution in [2.45, 2.75) is 38.2 Å². The standard InChI is InChI=1S/C17H22Cl2N2O6S/c1-17(2,3)27-16(24)20-6-7-21(14(9-20)15(22)23)28(25,26)10-11-4-5-12(18)8-13(11)19/h4-5,8,14H,6-7,9-10H2,1-3H3,(H,22,23). The summed E-state index contributed by atoms with van der Waals surface area (Å²) < 4.78 is 31.8. The van der Waals surface area contributed by atoms with Gasteiger partial charge in [0.2, 0.25) is 10.0 Å². The Bertz CT molecular complexity index is 869.